The summed E-state index contributed by atoms with van der Waals surface area (Å²) in [6.07, 6.45) is 7.91. The van der Waals surface area contributed by atoms with E-state index >= 15 is 0 Å². The molecule has 1 aliphatic heterocycles. The second-order valence-corrected chi connectivity index (χ2v) is 12.3. The predicted molar refractivity (Wildman–Crippen MR) is 163 cm³/mol. The van der Waals surface area contributed by atoms with E-state index in [1.165, 1.54) is 0 Å². The summed E-state index contributed by atoms with van der Waals surface area (Å²) in [5.41, 5.74) is 0.472. The van der Waals surface area contributed by atoms with Crippen LogP contribution in [-0.2, 0) is 4.79 Å². The number of halogens is 3. The first-order valence-electron chi connectivity index (χ1n) is 15.3. The normalized spacial score (nSPS) is 24.6. The summed E-state index contributed by atoms with van der Waals surface area (Å²) >= 11 is 0. The van der Waals surface area contributed by atoms with Gasteiger partial charge >= 0.3 is 0 Å². The molecule has 44 heavy (non-hydrogen) atoms. The van der Waals surface area contributed by atoms with Gasteiger partial charge in [-0.15, -0.1) is 0 Å². The summed E-state index contributed by atoms with van der Waals surface area (Å²) in [7, 11) is 2.06. The molecule has 2 aliphatic carbocycles. The number of aromatic nitrogens is 4. The second kappa shape index (κ2) is 13.7. The Bertz CT molecular complexity index is 1420. The van der Waals surface area contributed by atoms with Gasteiger partial charge in [-0.2, -0.15) is 4.98 Å². The molecule has 3 fully saturated rings. The number of carbonyl (C=O) groups is 1. The highest BCUT2D eigenvalue weighted by Gasteiger charge is 2.33. The highest BCUT2D eigenvalue weighted by molar-refractivity contribution is 5.79. The monoisotopic (exact) mass is 616 g/mol. The van der Waals surface area contributed by atoms with Gasteiger partial charge in [0.15, 0.2) is 17.3 Å². The number of imidazole rings is 1. The molecule has 13 heteroatoms. The van der Waals surface area contributed by atoms with Gasteiger partial charge in [0.1, 0.15) is 17.0 Å². The number of likely N-dealkylation sites (N-methyl/N-ethyl adjacent to an activating group) is 1. The van der Waals surface area contributed by atoms with Crippen molar-refractivity contribution in [2.75, 3.05) is 50.5 Å². The molecule has 3 aromatic rings. The van der Waals surface area contributed by atoms with Crippen LogP contribution in [0.4, 0.5) is 30.8 Å². The van der Waals surface area contributed by atoms with E-state index in [0.717, 1.165) is 51.9 Å². The van der Waals surface area contributed by atoms with E-state index in [2.05, 4.69) is 32.5 Å². The van der Waals surface area contributed by atoms with Crippen molar-refractivity contribution < 1.29 is 23.1 Å². The van der Waals surface area contributed by atoms with Gasteiger partial charge in [-0.1, -0.05) is 7.43 Å². The number of anilines is 3. The lowest BCUT2D eigenvalue weighted by Crippen LogP contribution is -2.49. The maximum atomic E-state index is 14.7. The minimum atomic E-state index is -1.07. The molecule has 3 heterocycles. The summed E-state index contributed by atoms with van der Waals surface area (Å²) in [5.74, 6) is -2.07. The van der Waals surface area contributed by atoms with Gasteiger partial charge < -0.3 is 25.5 Å². The molecular formula is C31H43F3N8O2. The van der Waals surface area contributed by atoms with Crippen LogP contribution in [0.15, 0.2) is 18.3 Å². The number of rotatable bonds is 7. The summed E-state index contributed by atoms with van der Waals surface area (Å²) in [6, 6.07) is 1.30. The zero-order valence-electron chi connectivity index (χ0n) is 24.4. The standard InChI is InChI=1S/C30H39F3N8O2.CH4/c1-39-10-12-40(13-11-39)28(43)19-4-8-22(9-5-19)41-27-25(36-30(41)37-26-23(32)14-20(31)15-24(26)33)16-34-29(38-27)35-21-6-2-18(17-42)3-7-21;/h14-16,18-19,21-22,42H,2-13,17H2,1H3,(H,36,37)(H,34,35,38);1H4. The number of nitrogens with one attached hydrogen (secondary N) is 2. The fourth-order valence-electron chi connectivity index (χ4n) is 6.71. The Kier molecular flexibility index (Phi) is 9.94. The number of aliphatic hydroxyl groups excluding tert-OH is 1. The van der Waals surface area contributed by atoms with Crippen LogP contribution in [0, 0.1) is 29.3 Å². The number of fused-ring (bicyclic) bond motifs is 1. The average molecular weight is 617 g/mol. The zero-order chi connectivity index (χ0) is 30.1. The highest BCUT2D eigenvalue weighted by atomic mass is 19.1. The topological polar surface area (TPSA) is 111 Å². The van der Waals surface area contributed by atoms with Crippen molar-refractivity contribution in [2.24, 2.45) is 11.8 Å². The lowest BCUT2D eigenvalue weighted by Gasteiger charge is -2.37. The van der Waals surface area contributed by atoms with Gasteiger partial charge in [0.2, 0.25) is 17.8 Å². The molecule has 0 spiro atoms. The Morgan fingerprint density at radius 1 is 0.955 bits per heavy atom. The Labute approximate surface area is 256 Å². The third-order valence-corrected chi connectivity index (χ3v) is 9.34. The van der Waals surface area contributed by atoms with E-state index in [1.54, 1.807) is 6.20 Å². The molecule has 10 nitrogen and oxygen atoms in total. The molecular weight excluding hydrogens is 573 g/mol. The van der Waals surface area contributed by atoms with Crippen molar-refractivity contribution in [3.8, 4) is 0 Å². The third kappa shape index (κ3) is 6.78. The molecule has 0 radical (unpaired) electrons. The molecule has 2 aromatic heterocycles. The van der Waals surface area contributed by atoms with Crippen molar-refractivity contribution in [1.82, 2.24) is 29.3 Å². The Balaban J connectivity index is 0.00000384. The fourth-order valence-corrected chi connectivity index (χ4v) is 6.71. The molecule has 3 N–H and O–H groups in total. The van der Waals surface area contributed by atoms with Crippen molar-refractivity contribution in [1.29, 1.82) is 0 Å². The van der Waals surface area contributed by atoms with Crippen LogP contribution in [0.3, 0.4) is 0 Å². The molecule has 1 aromatic carbocycles. The summed E-state index contributed by atoms with van der Waals surface area (Å²) in [6.45, 7) is 3.40. The van der Waals surface area contributed by atoms with E-state index < -0.39 is 23.1 Å². The Morgan fingerprint density at radius 2 is 1.61 bits per heavy atom. The number of hydrogen-bond acceptors (Lipinski definition) is 8. The molecule has 0 atom stereocenters. The van der Waals surface area contributed by atoms with Crippen LogP contribution in [-0.4, -0.2) is 86.2 Å². The first-order valence-corrected chi connectivity index (χ1v) is 15.3. The van der Waals surface area contributed by atoms with Gasteiger partial charge in [-0.05, 0) is 64.3 Å². The number of aliphatic hydroxyl groups is 1. The first kappa shape index (κ1) is 32.0. The third-order valence-electron chi connectivity index (χ3n) is 9.34. The lowest BCUT2D eigenvalue weighted by molar-refractivity contribution is -0.138. The number of carbonyl (C=O) groups excluding carboxylic acids is 1. The van der Waals surface area contributed by atoms with Crippen LogP contribution in [0.5, 0.6) is 0 Å². The fraction of sp³-hybridized carbons (Fsp3) is 0.613. The molecule has 2 saturated carbocycles. The van der Waals surface area contributed by atoms with E-state index in [0.29, 0.717) is 60.8 Å². The van der Waals surface area contributed by atoms with Crippen LogP contribution < -0.4 is 10.6 Å². The largest absolute Gasteiger partial charge is 0.396 e. The maximum absolute atomic E-state index is 14.7. The van der Waals surface area contributed by atoms with E-state index in [1.807, 2.05) is 9.47 Å². The van der Waals surface area contributed by atoms with Gasteiger partial charge in [0.05, 0.1) is 6.20 Å². The summed E-state index contributed by atoms with van der Waals surface area (Å²) in [5, 5.41) is 15.6. The second-order valence-electron chi connectivity index (χ2n) is 12.3. The minimum Gasteiger partial charge on any atom is -0.396 e. The van der Waals surface area contributed by atoms with Crippen LogP contribution in [0.25, 0.3) is 11.2 Å². The molecule has 240 valence electrons. The van der Waals surface area contributed by atoms with E-state index in [9.17, 15) is 23.1 Å². The first-order chi connectivity index (χ1) is 20.8. The van der Waals surface area contributed by atoms with E-state index in [-0.39, 0.29) is 43.9 Å². The predicted octanol–water partition coefficient (Wildman–Crippen LogP) is 5.09. The van der Waals surface area contributed by atoms with Crippen LogP contribution >= 0.6 is 0 Å². The van der Waals surface area contributed by atoms with E-state index in [4.69, 9.17) is 4.98 Å². The van der Waals surface area contributed by atoms with Crippen molar-refractivity contribution in [3.63, 3.8) is 0 Å². The average Bonchev–Trinajstić information content (AvgIpc) is 3.36. The molecule has 0 unspecified atom stereocenters. The zero-order valence-corrected chi connectivity index (χ0v) is 24.4. The smallest absolute Gasteiger partial charge is 0.225 e. The number of benzene rings is 1. The Hall–Kier alpha value is -3.45. The molecule has 0 bridgehead atoms. The summed E-state index contributed by atoms with van der Waals surface area (Å²) < 4.78 is 44.8. The van der Waals surface area contributed by atoms with Gasteiger partial charge in [-0.3, -0.25) is 9.36 Å². The minimum absolute atomic E-state index is 0. The molecule has 1 saturated heterocycles. The van der Waals surface area contributed by atoms with Gasteiger partial charge in [0, 0.05) is 62.9 Å². The SMILES string of the molecule is C.CN1CCN(C(=O)C2CCC(n3c(Nc4c(F)cc(F)cc4F)nc4cnc(NC5CCC(CO)CC5)nc43)CC2)CC1. The number of piperazine rings is 1. The number of hydrogen-bond donors (Lipinski definition) is 3. The van der Waals surface area contributed by atoms with Crippen molar-refractivity contribution in [2.45, 2.75) is 70.9 Å². The van der Waals surface area contributed by atoms with Gasteiger partial charge in [0.25, 0.3) is 0 Å². The quantitative estimate of drug-likeness (QED) is 0.337. The van der Waals surface area contributed by atoms with Gasteiger partial charge in [-0.25, -0.2) is 23.1 Å². The molecule has 3 aliphatic rings. The maximum Gasteiger partial charge on any atom is 0.225 e. The van der Waals surface area contributed by atoms with Crippen molar-refractivity contribution >= 4 is 34.7 Å². The number of nitrogens with zero attached hydrogens (tertiary/aromatic N) is 6. The lowest BCUT2D eigenvalue weighted by atomic mass is 9.85. The summed E-state index contributed by atoms with van der Waals surface area (Å²) in [4.78, 5) is 31.3. The van der Waals surface area contributed by atoms with Crippen LogP contribution in [0.1, 0.15) is 64.8 Å². The molecule has 6 rings (SSSR count). The van der Waals surface area contributed by atoms with Crippen molar-refractivity contribution in [3.05, 3.63) is 35.8 Å². The highest BCUT2D eigenvalue weighted by Crippen LogP contribution is 2.38. The molecule has 1 amide bonds. The van der Waals surface area contributed by atoms with Crippen LogP contribution in [0.2, 0.25) is 0 Å². The number of amides is 1. The Morgan fingerprint density at radius 3 is 2.25 bits per heavy atom.